The maximum absolute atomic E-state index is 6.57. The van der Waals surface area contributed by atoms with E-state index in [1.54, 1.807) is 7.11 Å². The van der Waals surface area contributed by atoms with Crippen LogP contribution in [0.2, 0.25) is 0 Å². The zero-order valence-electron chi connectivity index (χ0n) is 20.7. The smallest absolute Gasteiger partial charge is 0.161 e. The summed E-state index contributed by atoms with van der Waals surface area (Å²) < 4.78 is 37.0. The van der Waals surface area contributed by atoms with E-state index >= 15 is 0 Å². The molecule has 0 unspecified atom stereocenters. The third kappa shape index (κ3) is 6.45. The van der Waals surface area contributed by atoms with Gasteiger partial charge in [-0.3, -0.25) is 0 Å². The molecular formula is C28H38O6. The van der Waals surface area contributed by atoms with Crippen molar-refractivity contribution in [2.24, 2.45) is 0 Å². The lowest BCUT2D eigenvalue weighted by Gasteiger charge is -2.48. The minimum Gasteiger partial charge on any atom is -0.368 e. The molecule has 2 saturated heterocycles. The van der Waals surface area contributed by atoms with E-state index < -0.39 is 11.9 Å². The van der Waals surface area contributed by atoms with Crippen molar-refractivity contribution < 1.29 is 28.4 Å². The molecule has 2 aliphatic heterocycles. The first-order valence-electron chi connectivity index (χ1n) is 12.3. The molecule has 0 bridgehead atoms. The van der Waals surface area contributed by atoms with Gasteiger partial charge in [0.05, 0.1) is 37.1 Å². The van der Waals surface area contributed by atoms with Gasteiger partial charge in [0.2, 0.25) is 0 Å². The summed E-state index contributed by atoms with van der Waals surface area (Å²) in [5, 5.41) is 0. The van der Waals surface area contributed by atoms with Gasteiger partial charge in [0.25, 0.3) is 0 Å². The Hall–Kier alpha value is -1.80. The topological polar surface area (TPSA) is 55.4 Å². The highest BCUT2D eigenvalue weighted by molar-refractivity contribution is 5.15. The van der Waals surface area contributed by atoms with Crippen LogP contribution in [0.15, 0.2) is 60.7 Å². The van der Waals surface area contributed by atoms with Crippen molar-refractivity contribution in [3.8, 4) is 0 Å². The van der Waals surface area contributed by atoms with Crippen molar-refractivity contribution in [3.63, 3.8) is 0 Å². The number of benzene rings is 2. The van der Waals surface area contributed by atoms with Gasteiger partial charge in [-0.25, -0.2) is 0 Å². The van der Waals surface area contributed by atoms with Crippen LogP contribution in [-0.4, -0.2) is 49.7 Å². The Bertz CT molecular complexity index is 862. The van der Waals surface area contributed by atoms with Crippen molar-refractivity contribution in [3.05, 3.63) is 71.8 Å². The summed E-state index contributed by atoms with van der Waals surface area (Å²) in [7, 11) is 1.68. The summed E-state index contributed by atoms with van der Waals surface area (Å²) in [5.74, 6) is 0. The Labute approximate surface area is 203 Å². The molecule has 7 atom stereocenters. The highest BCUT2D eigenvalue weighted by Gasteiger charge is 2.48. The second-order valence-corrected chi connectivity index (χ2v) is 9.54. The van der Waals surface area contributed by atoms with E-state index in [1.165, 1.54) is 0 Å². The standard InChI is InChI=1S/C28H38O6/c1-20-24(15-16-25(29-4)32-20)34-26-17-28(3,31-19-23-13-9-6-10-14-23)27(21(2)33-26)30-18-22-11-7-5-8-12-22/h5-14,20-21,24-27H,15-19H2,1-4H3/t20-,21+,24+,25+,26-,27-,28-/m1/s1. The summed E-state index contributed by atoms with van der Waals surface area (Å²) in [5.41, 5.74) is 1.67. The monoisotopic (exact) mass is 470 g/mol. The van der Waals surface area contributed by atoms with Gasteiger partial charge in [0.1, 0.15) is 6.10 Å². The molecule has 0 aliphatic carbocycles. The lowest BCUT2D eigenvalue weighted by Crippen LogP contribution is -2.58. The molecule has 0 radical (unpaired) electrons. The Morgan fingerprint density at radius 2 is 1.44 bits per heavy atom. The number of rotatable bonds is 9. The predicted molar refractivity (Wildman–Crippen MR) is 129 cm³/mol. The van der Waals surface area contributed by atoms with E-state index in [2.05, 4.69) is 31.2 Å². The Kier molecular flexibility index (Phi) is 8.75. The van der Waals surface area contributed by atoms with Gasteiger partial charge >= 0.3 is 0 Å². The van der Waals surface area contributed by atoms with E-state index in [4.69, 9.17) is 28.4 Å². The summed E-state index contributed by atoms with van der Waals surface area (Å²) in [6.07, 6.45) is 1.11. The highest BCUT2D eigenvalue weighted by atomic mass is 16.7. The molecule has 6 heteroatoms. The maximum atomic E-state index is 6.57. The number of hydrogen-bond acceptors (Lipinski definition) is 6. The lowest BCUT2D eigenvalue weighted by atomic mass is 9.88. The predicted octanol–water partition coefficient (Wildman–Crippen LogP) is 5.24. The van der Waals surface area contributed by atoms with Gasteiger partial charge in [-0.1, -0.05) is 60.7 Å². The Morgan fingerprint density at radius 3 is 2.06 bits per heavy atom. The van der Waals surface area contributed by atoms with E-state index in [9.17, 15) is 0 Å². The molecule has 2 fully saturated rings. The quantitative estimate of drug-likeness (QED) is 0.500. The van der Waals surface area contributed by atoms with Crippen molar-refractivity contribution in [2.45, 2.75) is 95.8 Å². The molecule has 186 valence electrons. The molecule has 34 heavy (non-hydrogen) atoms. The first-order valence-corrected chi connectivity index (χ1v) is 12.3. The van der Waals surface area contributed by atoms with Gasteiger partial charge in [-0.05, 0) is 38.3 Å². The molecular weight excluding hydrogens is 432 g/mol. The molecule has 0 amide bonds. The van der Waals surface area contributed by atoms with Crippen LogP contribution in [0.4, 0.5) is 0 Å². The fraction of sp³-hybridized carbons (Fsp3) is 0.571. The molecule has 2 aromatic rings. The van der Waals surface area contributed by atoms with Crippen molar-refractivity contribution in [1.29, 1.82) is 0 Å². The van der Waals surface area contributed by atoms with Crippen LogP contribution in [0.3, 0.4) is 0 Å². The third-order valence-electron chi connectivity index (χ3n) is 6.82. The minimum absolute atomic E-state index is 0.0521. The molecule has 4 rings (SSSR count). The van der Waals surface area contributed by atoms with Gasteiger partial charge < -0.3 is 28.4 Å². The molecule has 0 spiro atoms. The molecule has 0 N–H and O–H groups in total. The average Bonchev–Trinajstić information content (AvgIpc) is 2.85. The average molecular weight is 471 g/mol. The van der Waals surface area contributed by atoms with Crippen LogP contribution in [0, 0.1) is 0 Å². The van der Waals surface area contributed by atoms with E-state index in [0.29, 0.717) is 19.6 Å². The van der Waals surface area contributed by atoms with Crippen molar-refractivity contribution in [1.82, 2.24) is 0 Å². The lowest BCUT2D eigenvalue weighted by molar-refractivity contribution is -0.320. The number of methoxy groups -OCH3 is 1. The van der Waals surface area contributed by atoms with Crippen LogP contribution in [0.25, 0.3) is 0 Å². The van der Waals surface area contributed by atoms with Gasteiger partial charge in [-0.15, -0.1) is 0 Å². The minimum atomic E-state index is -0.583. The van der Waals surface area contributed by atoms with Crippen LogP contribution in [-0.2, 0) is 41.6 Å². The fourth-order valence-electron chi connectivity index (χ4n) is 4.90. The number of ether oxygens (including phenoxy) is 6. The molecule has 0 aromatic heterocycles. The summed E-state index contributed by atoms with van der Waals surface area (Å²) in [6.45, 7) is 7.18. The van der Waals surface area contributed by atoms with Crippen LogP contribution in [0.1, 0.15) is 51.2 Å². The van der Waals surface area contributed by atoms with E-state index in [1.807, 2.05) is 50.2 Å². The van der Waals surface area contributed by atoms with Crippen molar-refractivity contribution in [2.75, 3.05) is 7.11 Å². The molecule has 2 heterocycles. The highest BCUT2D eigenvalue weighted by Crippen LogP contribution is 2.37. The van der Waals surface area contributed by atoms with Gasteiger partial charge in [0.15, 0.2) is 12.6 Å². The fourth-order valence-corrected chi connectivity index (χ4v) is 4.90. The van der Waals surface area contributed by atoms with Crippen molar-refractivity contribution >= 4 is 0 Å². The van der Waals surface area contributed by atoms with Crippen LogP contribution >= 0.6 is 0 Å². The molecule has 0 saturated carbocycles. The Balaban J connectivity index is 1.45. The second kappa shape index (κ2) is 11.8. The summed E-state index contributed by atoms with van der Waals surface area (Å²) in [4.78, 5) is 0. The van der Waals surface area contributed by atoms with Crippen LogP contribution in [0.5, 0.6) is 0 Å². The van der Waals surface area contributed by atoms with E-state index in [0.717, 1.165) is 24.0 Å². The first-order chi connectivity index (χ1) is 16.5. The summed E-state index contributed by atoms with van der Waals surface area (Å²) >= 11 is 0. The normalized spacial score (nSPS) is 34.1. The zero-order chi connectivity index (χ0) is 24.0. The number of hydrogen-bond donors (Lipinski definition) is 0. The summed E-state index contributed by atoms with van der Waals surface area (Å²) in [6, 6.07) is 20.4. The van der Waals surface area contributed by atoms with E-state index in [-0.39, 0.29) is 30.7 Å². The largest absolute Gasteiger partial charge is 0.368 e. The first kappa shape index (κ1) is 25.3. The molecule has 2 aliphatic rings. The Morgan fingerprint density at radius 1 is 0.824 bits per heavy atom. The zero-order valence-corrected chi connectivity index (χ0v) is 20.7. The van der Waals surface area contributed by atoms with Crippen LogP contribution < -0.4 is 0 Å². The molecule has 2 aromatic carbocycles. The molecule has 6 nitrogen and oxygen atoms in total. The SMILES string of the molecule is CO[C@@H]1CC[C@H](O[C@@H]2C[C@@](C)(OCc3ccccc3)[C@H](OCc3ccccc3)[C@H](C)O2)[C@@H](C)O1. The maximum Gasteiger partial charge on any atom is 0.161 e. The van der Waals surface area contributed by atoms with Gasteiger partial charge in [0, 0.05) is 20.0 Å². The van der Waals surface area contributed by atoms with Gasteiger partial charge in [-0.2, -0.15) is 0 Å². The third-order valence-corrected chi connectivity index (χ3v) is 6.82. The second-order valence-electron chi connectivity index (χ2n) is 9.54.